The van der Waals surface area contributed by atoms with Crippen molar-refractivity contribution in [2.75, 3.05) is 6.54 Å². The Labute approximate surface area is 151 Å². The Morgan fingerprint density at radius 2 is 2.20 bits per heavy atom. The molecule has 2 aromatic rings. The molecular formula is C20H31N5. The largest absolute Gasteiger partial charge is 0.332 e. The zero-order valence-electron chi connectivity index (χ0n) is 15.5. The van der Waals surface area contributed by atoms with Crippen molar-refractivity contribution < 1.29 is 0 Å². The average molecular weight is 342 g/mol. The summed E-state index contributed by atoms with van der Waals surface area (Å²) in [6, 6.07) is 5.26. The number of hydrogen-bond acceptors (Lipinski definition) is 4. The number of rotatable bonds is 8. The lowest BCUT2D eigenvalue weighted by atomic mass is 9.92. The molecule has 3 rings (SSSR count). The third-order valence-corrected chi connectivity index (χ3v) is 5.09. The molecule has 0 fully saturated rings. The first kappa shape index (κ1) is 18.1. The summed E-state index contributed by atoms with van der Waals surface area (Å²) in [7, 11) is 0. The standard InChI is InChI=1S/C20H31N5/c1-15(2)25-13-12-23-19(25)14-17(21)8-5-10-22-18-9-3-6-16-7-4-11-24-20(16)18/h4,7,11-13,15,17-18,22H,3,5-6,8-10,14,21H2,1-2H3. The van der Waals surface area contributed by atoms with E-state index in [4.69, 9.17) is 5.73 Å². The number of pyridine rings is 1. The number of aromatic nitrogens is 3. The van der Waals surface area contributed by atoms with Gasteiger partial charge in [0.2, 0.25) is 0 Å². The normalized spacial score (nSPS) is 18.3. The zero-order valence-corrected chi connectivity index (χ0v) is 15.5. The van der Waals surface area contributed by atoms with E-state index in [1.54, 1.807) is 0 Å². The highest BCUT2D eigenvalue weighted by molar-refractivity contribution is 5.25. The van der Waals surface area contributed by atoms with Crippen LogP contribution in [0.4, 0.5) is 0 Å². The highest BCUT2D eigenvalue weighted by Gasteiger charge is 2.20. The van der Waals surface area contributed by atoms with Gasteiger partial charge in [-0.1, -0.05) is 6.07 Å². The lowest BCUT2D eigenvalue weighted by Crippen LogP contribution is -2.29. The van der Waals surface area contributed by atoms with Crippen LogP contribution in [0.1, 0.15) is 68.7 Å². The summed E-state index contributed by atoms with van der Waals surface area (Å²) in [6.45, 7) is 5.35. The molecule has 2 aromatic heterocycles. The van der Waals surface area contributed by atoms with E-state index in [9.17, 15) is 0 Å². The summed E-state index contributed by atoms with van der Waals surface area (Å²) in [6.07, 6.45) is 12.4. The summed E-state index contributed by atoms with van der Waals surface area (Å²) >= 11 is 0. The molecule has 0 aliphatic heterocycles. The van der Waals surface area contributed by atoms with Gasteiger partial charge in [0.1, 0.15) is 5.82 Å². The Hall–Kier alpha value is -1.72. The van der Waals surface area contributed by atoms with E-state index >= 15 is 0 Å². The first-order chi connectivity index (χ1) is 12.1. The third-order valence-electron chi connectivity index (χ3n) is 5.09. The lowest BCUT2D eigenvalue weighted by Gasteiger charge is -2.25. The van der Waals surface area contributed by atoms with Crippen molar-refractivity contribution in [2.45, 2.75) is 70.5 Å². The van der Waals surface area contributed by atoms with Gasteiger partial charge in [-0.25, -0.2) is 4.98 Å². The quantitative estimate of drug-likeness (QED) is 0.724. The van der Waals surface area contributed by atoms with Gasteiger partial charge in [-0.2, -0.15) is 0 Å². The molecular weight excluding hydrogens is 310 g/mol. The number of nitrogens with two attached hydrogens (primary N) is 1. The molecule has 0 spiro atoms. The van der Waals surface area contributed by atoms with Gasteiger partial charge in [0.25, 0.3) is 0 Å². The second kappa shape index (κ2) is 8.59. The van der Waals surface area contributed by atoms with Gasteiger partial charge >= 0.3 is 0 Å². The molecule has 3 N–H and O–H groups in total. The van der Waals surface area contributed by atoms with Crippen molar-refractivity contribution in [2.24, 2.45) is 5.73 Å². The van der Waals surface area contributed by atoms with Gasteiger partial charge in [-0.3, -0.25) is 4.98 Å². The van der Waals surface area contributed by atoms with E-state index in [0.29, 0.717) is 12.1 Å². The molecule has 5 heteroatoms. The Morgan fingerprint density at radius 1 is 1.32 bits per heavy atom. The maximum Gasteiger partial charge on any atom is 0.110 e. The molecule has 25 heavy (non-hydrogen) atoms. The number of imidazole rings is 1. The van der Waals surface area contributed by atoms with Crippen LogP contribution in [0.3, 0.4) is 0 Å². The Bertz CT molecular complexity index is 664. The molecule has 0 aromatic carbocycles. The maximum atomic E-state index is 6.34. The lowest BCUT2D eigenvalue weighted by molar-refractivity contribution is 0.431. The van der Waals surface area contributed by atoms with Crippen molar-refractivity contribution in [3.8, 4) is 0 Å². The Kier molecular flexibility index (Phi) is 6.21. The van der Waals surface area contributed by atoms with Gasteiger partial charge in [0.15, 0.2) is 0 Å². The topological polar surface area (TPSA) is 68.8 Å². The van der Waals surface area contributed by atoms with E-state index in [1.165, 1.54) is 24.1 Å². The minimum atomic E-state index is 0.165. The summed E-state index contributed by atoms with van der Waals surface area (Å²) in [5.41, 5.74) is 8.99. The van der Waals surface area contributed by atoms with Crippen molar-refractivity contribution in [1.29, 1.82) is 0 Å². The number of hydrogen-bond donors (Lipinski definition) is 2. The second-order valence-electron chi connectivity index (χ2n) is 7.40. The fourth-order valence-corrected chi connectivity index (χ4v) is 3.76. The molecule has 0 bridgehead atoms. The van der Waals surface area contributed by atoms with Gasteiger partial charge in [0.05, 0.1) is 5.69 Å². The maximum absolute atomic E-state index is 6.34. The molecule has 5 nitrogen and oxygen atoms in total. The van der Waals surface area contributed by atoms with Crippen molar-refractivity contribution in [1.82, 2.24) is 19.9 Å². The van der Waals surface area contributed by atoms with Gasteiger partial charge < -0.3 is 15.6 Å². The fourth-order valence-electron chi connectivity index (χ4n) is 3.76. The molecule has 136 valence electrons. The van der Waals surface area contributed by atoms with Crippen molar-refractivity contribution in [3.05, 3.63) is 47.8 Å². The molecule has 2 unspecified atom stereocenters. The molecule has 2 heterocycles. The van der Waals surface area contributed by atoms with Crippen LogP contribution >= 0.6 is 0 Å². The third kappa shape index (κ3) is 4.67. The van der Waals surface area contributed by atoms with E-state index in [-0.39, 0.29) is 6.04 Å². The number of nitrogens with one attached hydrogen (secondary N) is 1. The minimum absolute atomic E-state index is 0.165. The van der Waals surface area contributed by atoms with E-state index in [2.05, 4.69) is 39.8 Å². The van der Waals surface area contributed by atoms with Crippen molar-refractivity contribution >= 4 is 0 Å². The van der Waals surface area contributed by atoms with Gasteiger partial charge in [0, 0.05) is 43.1 Å². The first-order valence-corrected chi connectivity index (χ1v) is 9.59. The molecule has 1 aliphatic carbocycles. The SMILES string of the molecule is CC(C)n1ccnc1CC(N)CCCNC1CCCc2cccnc21. The molecule has 0 radical (unpaired) electrons. The molecule has 0 saturated carbocycles. The molecule has 1 aliphatic rings. The van der Waals surface area contributed by atoms with Crippen molar-refractivity contribution in [3.63, 3.8) is 0 Å². The molecule has 0 amide bonds. The zero-order chi connectivity index (χ0) is 17.6. The van der Waals surface area contributed by atoms with Crippen LogP contribution < -0.4 is 11.1 Å². The predicted octanol–water partition coefficient (Wildman–Crippen LogP) is 3.18. The number of nitrogens with zero attached hydrogens (tertiary/aromatic N) is 3. The smallest absolute Gasteiger partial charge is 0.110 e. The summed E-state index contributed by atoms with van der Waals surface area (Å²) in [5, 5.41) is 3.68. The second-order valence-corrected chi connectivity index (χ2v) is 7.40. The highest BCUT2D eigenvalue weighted by Crippen LogP contribution is 2.27. The van der Waals surface area contributed by atoms with Gasteiger partial charge in [-0.05, 0) is 64.1 Å². The average Bonchev–Trinajstić information content (AvgIpc) is 3.07. The van der Waals surface area contributed by atoms with E-state index in [1.807, 2.05) is 24.7 Å². The number of fused-ring (bicyclic) bond motifs is 1. The van der Waals surface area contributed by atoms with E-state index in [0.717, 1.165) is 38.1 Å². The fraction of sp³-hybridized carbons (Fsp3) is 0.600. The Morgan fingerprint density at radius 3 is 3.04 bits per heavy atom. The van der Waals surface area contributed by atoms with Crippen LogP contribution in [0.5, 0.6) is 0 Å². The minimum Gasteiger partial charge on any atom is -0.332 e. The summed E-state index contributed by atoms with van der Waals surface area (Å²) in [5.74, 6) is 1.10. The first-order valence-electron chi connectivity index (χ1n) is 9.59. The number of aryl methyl sites for hydroxylation is 1. The van der Waals surface area contributed by atoms with Crippen LogP contribution in [0.2, 0.25) is 0 Å². The van der Waals surface area contributed by atoms with Crippen LogP contribution in [-0.2, 0) is 12.8 Å². The predicted molar refractivity (Wildman–Crippen MR) is 101 cm³/mol. The molecule has 2 atom stereocenters. The summed E-state index contributed by atoms with van der Waals surface area (Å²) in [4.78, 5) is 9.06. The monoisotopic (exact) mass is 341 g/mol. The van der Waals surface area contributed by atoms with Crippen LogP contribution in [0.15, 0.2) is 30.7 Å². The van der Waals surface area contributed by atoms with E-state index < -0.39 is 0 Å². The van der Waals surface area contributed by atoms with Gasteiger partial charge in [-0.15, -0.1) is 0 Å². The molecule has 0 saturated heterocycles. The summed E-state index contributed by atoms with van der Waals surface area (Å²) < 4.78 is 2.21. The van der Waals surface area contributed by atoms with Crippen LogP contribution in [-0.4, -0.2) is 27.1 Å². The van der Waals surface area contributed by atoms with Crippen LogP contribution in [0.25, 0.3) is 0 Å². The highest BCUT2D eigenvalue weighted by atomic mass is 15.1. The van der Waals surface area contributed by atoms with Crippen LogP contribution in [0, 0.1) is 0 Å². The Balaban J connectivity index is 1.42.